The van der Waals surface area contributed by atoms with Gasteiger partial charge in [0.1, 0.15) is 6.04 Å². The van der Waals surface area contributed by atoms with Crippen LogP contribution in [0, 0.1) is 0 Å². The summed E-state index contributed by atoms with van der Waals surface area (Å²) in [4.78, 5) is 60.3. The van der Waals surface area contributed by atoms with E-state index in [9.17, 15) is 19.2 Å². The predicted molar refractivity (Wildman–Crippen MR) is 137 cm³/mol. The van der Waals surface area contributed by atoms with Crippen molar-refractivity contribution in [3.8, 4) is 0 Å². The first-order valence-corrected chi connectivity index (χ1v) is 12.8. The van der Waals surface area contributed by atoms with Gasteiger partial charge >= 0.3 is 6.03 Å². The Hall–Kier alpha value is -3.96. The van der Waals surface area contributed by atoms with Gasteiger partial charge in [-0.25, -0.2) is 4.79 Å². The molecule has 2 aliphatic heterocycles. The molecule has 3 heterocycles. The van der Waals surface area contributed by atoms with Crippen molar-refractivity contribution >= 4 is 45.2 Å². The summed E-state index contributed by atoms with van der Waals surface area (Å²) in [6.07, 6.45) is -1.29. The van der Waals surface area contributed by atoms with E-state index in [1.165, 1.54) is 4.90 Å². The predicted octanol–water partition coefficient (Wildman–Crippen LogP) is 2.19. The number of fused-ring (bicyclic) bond motifs is 2. The fourth-order valence-electron chi connectivity index (χ4n) is 4.96. The van der Waals surface area contributed by atoms with Crippen LogP contribution in [0.1, 0.15) is 24.5 Å². The normalized spacial score (nSPS) is 21.8. The Morgan fingerprint density at radius 2 is 1.84 bits per heavy atom. The standard InChI is InChI=1S/C26H27N5O5S/c1-16-24-30(23(33)14-36-31(24)26(35)28-12-17-7-3-2-4-8-17)20(11-22(27)32)25(34)29(16)13-18-15-37-21-10-6-5-9-19(18)21/h2-10,15-16,20,24H,11-14H2,1H3,(H2,27,32)(H,28,35)/t16-,20-,24-/m0/s1. The summed E-state index contributed by atoms with van der Waals surface area (Å²) in [5, 5.41) is 6.94. The van der Waals surface area contributed by atoms with E-state index >= 15 is 0 Å². The number of urea groups is 1. The molecule has 0 saturated carbocycles. The second-order valence-electron chi connectivity index (χ2n) is 9.11. The van der Waals surface area contributed by atoms with Crippen molar-refractivity contribution in [1.29, 1.82) is 0 Å². The number of amides is 5. The highest BCUT2D eigenvalue weighted by molar-refractivity contribution is 7.17. The van der Waals surface area contributed by atoms with Crippen molar-refractivity contribution in [2.45, 2.75) is 44.7 Å². The molecule has 0 aliphatic carbocycles. The van der Waals surface area contributed by atoms with Gasteiger partial charge in [0.2, 0.25) is 11.8 Å². The van der Waals surface area contributed by atoms with Gasteiger partial charge in [-0.2, -0.15) is 5.06 Å². The first-order chi connectivity index (χ1) is 17.8. The van der Waals surface area contributed by atoms with Crippen LogP contribution in [0.3, 0.4) is 0 Å². The molecule has 5 rings (SSSR count). The third-order valence-electron chi connectivity index (χ3n) is 6.75. The zero-order chi connectivity index (χ0) is 26.1. The molecule has 5 amide bonds. The van der Waals surface area contributed by atoms with E-state index in [0.717, 1.165) is 26.3 Å². The summed E-state index contributed by atoms with van der Waals surface area (Å²) < 4.78 is 1.09. The van der Waals surface area contributed by atoms with Crippen LogP contribution in [0.15, 0.2) is 60.0 Å². The van der Waals surface area contributed by atoms with Gasteiger partial charge in [0.15, 0.2) is 12.8 Å². The van der Waals surface area contributed by atoms with Gasteiger partial charge in [-0.3, -0.25) is 19.2 Å². The third-order valence-corrected chi connectivity index (χ3v) is 7.76. The van der Waals surface area contributed by atoms with Gasteiger partial charge < -0.3 is 20.9 Å². The van der Waals surface area contributed by atoms with Crippen molar-refractivity contribution < 1.29 is 24.0 Å². The van der Waals surface area contributed by atoms with Gasteiger partial charge in [0.05, 0.1) is 12.5 Å². The van der Waals surface area contributed by atoms with E-state index in [-0.39, 0.29) is 19.5 Å². The molecule has 10 nitrogen and oxygen atoms in total. The zero-order valence-corrected chi connectivity index (χ0v) is 21.0. The lowest BCUT2D eigenvalue weighted by Gasteiger charge is -2.54. The number of hydrogen-bond donors (Lipinski definition) is 2. The number of benzene rings is 2. The Labute approximate surface area is 217 Å². The van der Waals surface area contributed by atoms with E-state index in [0.29, 0.717) is 0 Å². The molecule has 2 aromatic carbocycles. The molecule has 37 heavy (non-hydrogen) atoms. The molecule has 2 saturated heterocycles. The molecule has 0 spiro atoms. The molecule has 1 aromatic heterocycles. The molecule has 192 valence electrons. The summed E-state index contributed by atoms with van der Waals surface area (Å²) in [6.45, 7) is 1.84. The maximum atomic E-state index is 13.7. The lowest BCUT2D eigenvalue weighted by Crippen LogP contribution is -2.75. The number of piperazine rings is 1. The topological polar surface area (TPSA) is 125 Å². The third kappa shape index (κ3) is 4.75. The maximum absolute atomic E-state index is 13.7. The number of rotatable bonds is 6. The molecule has 0 unspecified atom stereocenters. The molecule has 11 heteroatoms. The number of hydroxylamine groups is 2. The number of nitrogens with zero attached hydrogens (tertiary/aromatic N) is 3. The lowest BCUT2D eigenvalue weighted by molar-refractivity contribution is -0.245. The van der Waals surface area contributed by atoms with Crippen LogP contribution in [-0.4, -0.2) is 63.5 Å². The molecule has 3 N–H and O–H groups in total. The minimum absolute atomic E-state index is 0.247. The highest BCUT2D eigenvalue weighted by atomic mass is 32.1. The Morgan fingerprint density at radius 1 is 1.11 bits per heavy atom. The monoisotopic (exact) mass is 521 g/mol. The van der Waals surface area contributed by atoms with Crippen molar-refractivity contribution in [1.82, 2.24) is 20.2 Å². The number of thiophene rings is 1. The number of primary amides is 1. The summed E-state index contributed by atoms with van der Waals surface area (Å²) in [7, 11) is 0. The quantitative estimate of drug-likeness (QED) is 0.514. The zero-order valence-electron chi connectivity index (χ0n) is 20.2. The molecular formula is C26H27N5O5S. The summed E-state index contributed by atoms with van der Waals surface area (Å²) >= 11 is 1.57. The number of hydrogen-bond acceptors (Lipinski definition) is 6. The molecule has 2 fully saturated rings. The van der Waals surface area contributed by atoms with Crippen LogP contribution in [-0.2, 0) is 32.3 Å². The average Bonchev–Trinajstić information content (AvgIpc) is 3.31. The number of carbonyl (C=O) groups is 4. The SMILES string of the molecule is C[C@H]1[C@@H]2N(C(=O)NCc3ccccc3)OCC(=O)N2[C@@H](CC(N)=O)C(=O)N1Cc1csc2ccccc12. The summed E-state index contributed by atoms with van der Waals surface area (Å²) in [5.41, 5.74) is 7.31. The molecule has 0 radical (unpaired) electrons. The molecule has 0 bridgehead atoms. The van der Waals surface area contributed by atoms with Gasteiger partial charge in [-0.15, -0.1) is 11.3 Å². The van der Waals surface area contributed by atoms with Crippen LogP contribution in [0.4, 0.5) is 4.79 Å². The summed E-state index contributed by atoms with van der Waals surface area (Å²) in [6, 6.07) is 15.0. The highest BCUT2D eigenvalue weighted by Crippen LogP contribution is 2.34. The first kappa shape index (κ1) is 24.7. The van der Waals surface area contributed by atoms with Crippen molar-refractivity contribution in [3.05, 3.63) is 71.1 Å². The highest BCUT2D eigenvalue weighted by Gasteiger charge is 2.53. The minimum atomic E-state index is -1.13. The fourth-order valence-corrected chi connectivity index (χ4v) is 5.92. The second-order valence-corrected chi connectivity index (χ2v) is 10.0. The van der Waals surface area contributed by atoms with Crippen molar-refractivity contribution in [3.63, 3.8) is 0 Å². The minimum Gasteiger partial charge on any atom is -0.370 e. The van der Waals surface area contributed by atoms with Gasteiger partial charge in [0, 0.05) is 17.8 Å². The Morgan fingerprint density at radius 3 is 2.59 bits per heavy atom. The Bertz CT molecular complexity index is 1350. The number of nitrogens with one attached hydrogen (secondary N) is 1. The fraction of sp³-hybridized carbons (Fsp3) is 0.308. The van der Waals surface area contributed by atoms with E-state index < -0.39 is 48.6 Å². The van der Waals surface area contributed by atoms with Crippen molar-refractivity contribution in [2.75, 3.05) is 6.61 Å². The molecule has 2 aliphatic rings. The first-order valence-electron chi connectivity index (χ1n) is 11.9. The maximum Gasteiger partial charge on any atom is 0.343 e. The van der Waals surface area contributed by atoms with Crippen LogP contribution in [0.5, 0.6) is 0 Å². The Kier molecular flexibility index (Phi) is 6.81. The molecular weight excluding hydrogens is 494 g/mol. The molecule has 3 aromatic rings. The van der Waals surface area contributed by atoms with Crippen LogP contribution in [0.2, 0.25) is 0 Å². The lowest BCUT2D eigenvalue weighted by atomic mass is 9.98. The van der Waals surface area contributed by atoms with Crippen LogP contribution in [0.25, 0.3) is 10.1 Å². The van der Waals surface area contributed by atoms with Gasteiger partial charge in [-0.1, -0.05) is 48.5 Å². The Balaban J connectivity index is 1.46. The van der Waals surface area contributed by atoms with E-state index in [4.69, 9.17) is 10.6 Å². The van der Waals surface area contributed by atoms with E-state index in [1.54, 1.807) is 23.2 Å². The van der Waals surface area contributed by atoms with Crippen molar-refractivity contribution in [2.24, 2.45) is 5.73 Å². The van der Waals surface area contributed by atoms with Crippen LogP contribution < -0.4 is 11.1 Å². The van der Waals surface area contributed by atoms with Crippen LogP contribution >= 0.6 is 11.3 Å². The second kappa shape index (κ2) is 10.2. The average molecular weight is 522 g/mol. The van der Waals surface area contributed by atoms with E-state index in [2.05, 4.69) is 5.32 Å². The number of carbonyl (C=O) groups excluding carboxylic acids is 4. The smallest absolute Gasteiger partial charge is 0.343 e. The molecule has 3 atom stereocenters. The summed E-state index contributed by atoms with van der Waals surface area (Å²) in [5.74, 6) is -1.59. The van der Waals surface area contributed by atoms with Gasteiger partial charge in [0.25, 0.3) is 5.91 Å². The number of nitrogens with two attached hydrogens (primary N) is 1. The van der Waals surface area contributed by atoms with E-state index in [1.807, 2.05) is 60.0 Å². The largest absolute Gasteiger partial charge is 0.370 e. The van der Waals surface area contributed by atoms with Gasteiger partial charge in [-0.05, 0) is 34.9 Å².